The van der Waals surface area contributed by atoms with Crippen molar-refractivity contribution in [3.05, 3.63) is 64.6 Å². The molecule has 4 nitrogen and oxygen atoms in total. The zero-order valence-corrected chi connectivity index (χ0v) is 13.8. The minimum absolute atomic E-state index is 0.219. The van der Waals surface area contributed by atoms with Crippen LogP contribution in [0.4, 0.5) is 10.1 Å². The Morgan fingerprint density at radius 2 is 1.92 bits per heavy atom. The number of aryl methyl sites for hydroxylation is 1. The van der Waals surface area contributed by atoms with Crippen molar-refractivity contribution in [1.82, 2.24) is 4.57 Å². The van der Waals surface area contributed by atoms with Gasteiger partial charge in [0, 0.05) is 29.2 Å². The smallest absolute Gasteiger partial charge is 0.257 e. The van der Waals surface area contributed by atoms with Crippen molar-refractivity contribution >= 4 is 40.0 Å². The van der Waals surface area contributed by atoms with Gasteiger partial charge in [0.15, 0.2) is 0 Å². The summed E-state index contributed by atoms with van der Waals surface area (Å²) in [4.78, 5) is 24.3. The van der Waals surface area contributed by atoms with Crippen LogP contribution < -0.4 is 5.32 Å². The highest BCUT2D eigenvalue weighted by Gasteiger charge is 2.18. The number of benzene rings is 2. The third kappa shape index (κ3) is 2.90. The number of hydrogen-bond donors (Lipinski definition) is 1. The van der Waals surface area contributed by atoms with Crippen molar-refractivity contribution in [3.63, 3.8) is 0 Å². The molecule has 1 aromatic heterocycles. The number of fused-ring (bicyclic) bond motifs is 1. The van der Waals surface area contributed by atoms with Gasteiger partial charge in [0.2, 0.25) is 5.91 Å². The Morgan fingerprint density at radius 1 is 1.17 bits per heavy atom. The van der Waals surface area contributed by atoms with Gasteiger partial charge in [0.1, 0.15) is 5.82 Å². The normalized spacial score (nSPS) is 10.8. The molecule has 0 bridgehead atoms. The van der Waals surface area contributed by atoms with Crippen LogP contribution in [0.2, 0.25) is 5.02 Å². The van der Waals surface area contributed by atoms with Crippen LogP contribution in [-0.4, -0.2) is 16.4 Å². The van der Waals surface area contributed by atoms with Gasteiger partial charge in [0.05, 0.1) is 11.1 Å². The van der Waals surface area contributed by atoms with E-state index in [0.29, 0.717) is 21.6 Å². The first kappa shape index (κ1) is 16.2. The van der Waals surface area contributed by atoms with Gasteiger partial charge >= 0.3 is 0 Å². The maximum atomic E-state index is 13.6. The van der Waals surface area contributed by atoms with Crippen LogP contribution >= 0.6 is 11.6 Å². The number of anilines is 1. The van der Waals surface area contributed by atoms with Crippen LogP contribution in [0.25, 0.3) is 10.9 Å². The van der Waals surface area contributed by atoms with Gasteiger partial charge in [-0.25, -0.2) is 4.39 Å². The highest BCUT2D eigenvalue weighted by atomic mass is 35.5. The number of carbonyl (C=O) groups is 2. The Bertz CT molecular complexity index is 979. The molecule has 2 aromatic carbocycles. The summed E-state index contributed by atoms with van der Waals surface area (Å²) in [5.41, 5.74) is 2.12. The summed E-state index contributed by atoms with van der Waals surface area (Å²) >= 11 is 6.06. The molecule has 0 atom stereocenters. The summed E-state index contributed by atoms with van der Waals surface area (Å²) in [6.07, 6.45) is 1.41. The monoisotopic (exact) mass is 344 g/mol. The molecule has 122 valence electrons. The second-order valence-electron chi connectivity index (χ2n) is 5.51. The number of rotatable bonds is 2. The van der Waals surface area contributed by atoms with Gasteiger partial charge < -0.3 is 5.32 Å². The maximum absolute atomic E-state index is 13.6. The molecule has 0 fully saturated rings. The lowest BCUT2D eigenvalue weighted by atomic mass is 10.1. The molecule has 0 saturated heterocycles. The molecule has 24 heavy (non-hydrogen) atoms. The van der Waals surface area contributed by atoms with Crippen molar-refractivity contribution in [2.45, 2.75) is 13.8 Å². The number of carbonyl (C=O) groups excluding carboxylic acids is 2. The van der Waals surface area contributed by atoms with E-state index in [1.165, 1.54) is 35.9 Å². The molecule has 3 aromatic rings. The quantitative estimate of drug-likeness (QED) is 0.735. The van der Waals surface area contributed by atoms with Gasteiger partial charge in [-0.05, 0) is 42.8 Å². The Labute approximate surface area is 142 Å². The Hall–Kier alpha value is -2.66. The van der Waals surface area contributed by atoms with E-state index in [4.69, 9.17) is 11.6 Å². The van der Waals surface area contributed by atoms with E-state index in [-0.39, 0.29) is 11.5 Å². The fourth-order valence-electron chi connectivity index (χ4n) is 2.51. The number of amides is 1. The number of nitrogens with zero attached hydrogens (tertiary/aromatic N) is 1. The molecule has 0 aliphatic carbocycles. The third-order valence-electron chi connectivity index (χ3n) is 3.78. The third-order valence-corrected chi connectivity index (χ3v) is 4.19. The maximum Gasteiger partial charge on any atom is 0.257 e. The van der Waals surface area contributed by atoms with Crippen molar-refractivity contribution in [1.29, 1.82) is 0 Å². The summed E-state index contributed by atoms with van der Waals surface area (Å²) < 4.78 is 14.9. The highest BCUT2D eigenvalue weighted by Crippen LogP contribution is 2.25. The second kappa shape index (κ2) is 6.09. The minimum Gasteiger partial charge on any atom is -0.322 e. The molecule has 0 saturated carbocycles. The molecule has 3 rings (SSSR count). The number of aromatic nitrogens is 1. The van der Waals surface area contributed by atoms with Crippen LogP contribution in [0.1, 0.15) is 27.6 Å². The van der Waals surface area contributed by atoms with Crippen molar-refractivity contribution in [2.24, 2.45) is 0 Å². The van der Waals surface area contributed by atoms with Crippen LogP contribution in [0.15, 0.2) is 42.6 Å². The predicted octanol–water partition coefficient (Wildman–Crippen LogP) is 4.65. The fourth-order valence-corrected chi connectivity index (χ4v) is 2.69. The Kier molecular flexibility index (Phi) is 4.11. The fraction of sp³-hybridized carbons (Fsp3) is 0.111. The van der Waals surface area contributed by atoms with E-state index in [2.05, 4.69) is 5.32 Å². The number of halogens is 2. The van der Waals surface area contributed by atoms with E-state index < -0.39 is 11.7 Å². The van der Waals surface area contributed by atoms with Gasteiger partial charge in [-0.2, -0.15) is 0 Å². The summed E-state index contributed by atoms with van der Waals surface area (Å²) in [6.45, 7) is 3.24. The van der Waals surface area contributed by atoms with Crippen molar-refractivity contribution in [3.8, 4) is 0 Å². The van der Waals surface area contributed by atoms with Crippen LogP contribution in [-0.2, 0) is 0 Å². The molecule has 6 heteroatoms. The van der Waals surface area contributed by atoms with E-state index in [9.17, 15) is 14.0 Å². The first-order valence-corrected chi connectivity index (χ1v) is 7.63. The van der Waals surface area contributed by atoms with E-state index in [1.807, 2.05) is 6.92 Å². The van der Waals surface area contributed by atoms with Crippen molar-refractivity contribution in [2.75, 3.05) is 5.32 Å². The SMILES string of the molecule is CC(=O)n1cc(C(=O)Nc2ccc(C)c(Cl)c2)c2cc(F)ccc21. The standard InChI is InChI=1S/C18H14ClFN2O2/c1-10-3-5-13(8-16(10)19)21-18(24)15-9-22(11(2)23)17-6-4-12(20)7-14(15)17/h3-9H,1-2H3,(H,21,24). The molecule has 1 amide bonds. The molecule has 0 radical (unpaired) electrons. The van der Waals surface area contributed by atoms with Crippen LogP contribution in [0.3, 0.4) is 0 Å². The Balaban J connectivity index is 2.04. The molecule has 1 N–H and O–H groups in total. The van der Waals surface area contributed by atoms with Gasteiger partial charge in [-0.15, -0.1) is 0 Å². The van der Waals surface area contributed by atoms with Crippen LogP contribution in [0.5, 0.6) is 0 Å². The van der Waals surface area contributed by atoms with E-state index in [0.717, 1.165) is 5.56 Å². The average molecular weight is 345 g/mol. The van der Waals surface area contributed by atoms with Crippen molar-refractivity contribution < 1.29 is 14.0 Å². The number of hydrogen-bond acceptors (Lipinski definition) is 2. The summed E-state index contributed by atoms with van der Waals surface area (Å²) in [7, 11) is 0. The second-order valence-corrected chi connectivity index (χ2v) is 5.92. The molecule has 0 aliphatic heterocycles. The summed E-state index contributed by atoms with van der Waals surface area (Å²) in [5, 5.41) is 3.63. The van der Waals surface area contributed by atoms with Gasteiger partial charge in [-0.3, -0.25) is 14.2 Å². The lowest BCUT2D eigenvalue weighted by Gasteiger charge is -2.06. The van der Waals surface area contributed by atoms with Gasteiger partial charge in [0.25, 0.3) is 5.91 Å². The minimum atomic E-state index is -0.476. The lowest BCUT2D eigenvalue weighted by Crippen LogP contribution is -2.12. The largest absolute Gasteiger partial charge is 0.322 e. The van der Waals surface area contributed by atoms with Gasteiger partial charge in [-0.1, -0.05) is 17.7 Å². The summed E-state index contributed by atoms with van der Waals surface area (Å²) in [5.74, 6) is -1.18. The van der Waals surface area contributed by atoms with E-state index in [1.54, 1.807) is 18.2 Å². The number of nitrogens with one attached hydrogen (secondary N) is 1. The zero-order chi connectivity index (χ0) is 17.4. The molecule has 0 aliphatic rings. The molecule has 0 spiro atoms. The summed E-state index contributed by atoms with van der Waals surface area (Å²) in [6, 6.07) is 9.13. The van der Waals surface area contributed by atoms with Crippen LogP contribution in [0, 0.1) is 12.7 Å². The first-order valence-electron chi connectivity index (χ1n) is 7.26. The molecule has 0 unspecified atom stereocenters. The molecule has 1 heterocycles. The first-order chi connectivity index (χ1) is 11.4. The lowest BCUT2D eigenvalue weighted by molar-refractivity contribution is 0.0941. The Morgan fingerprint density at radius 3 is 2.58 bits per heavy atom. The highest BCUT2D eigenvalue weighted by molar-refractivity contribution is 6.31. The zero-order valence-electron chi connectivity index (χ0n) is 13.1. The average Bonchev–Trinajstić information content (AvgIpc) is 2.90. The topological polar surface area (TPSA) is 51.1 Å². The molecular formula is C18H14ClFN2O2. The van der Waals surface area contributed by atoms with E-state index >= 15 is 0 Å². The predicted molar refractivity (Wildman–Crippen MR) is 92.3 cm³/mol. The molecular weight excluding hydrogens is 331 g/mol.